The summed E-state index contributed by atoms with van der Waals surface area (Å²) in [6.07, 6.45) is 3.49. The topological polar surface area (TPSA) is 69.7 Å². The highest BCUT2D eigenvalue weighted by Gasteiger charge is 1.82. The molecular weight excluding hydrogens is 224 g/mol. The van der Waals surface area contributed by atoms with Crippen molar-refractivity contribution in [3.63, 3.8) is 0 Å². The molecule has 0 aliphatic carbocycles. The molecule has 0 radical (unpaired) electrons. The Morgan fingerprint density at radius 3 is 1.41 bits per heavy atom. The van der Waals surface area contributed by atoms with Crippen molar-refractivity contribution >= 4 is 17.7 Å². The zero-order chi connectivity index (χ0) is 14.3. The quantitative estimate of drug-likeness (QED) is 0.429. The van der Waals surface area contributed by atoms with Gasteiger partial charge in [-0.05, 0) is 13.0 Å². The first kappa shape index (κ1) is 20.3. The molecule has 0 aromatic heterocycles. The number of carbonyl (C=O) groups excluding carboxylic acids is 3. The summed E-state index contributed by atoms with van der Waals surface area (Å²) in [6.45, 7) is 12.3. The fourth-order valence-corrected chi connectivity index (χ4v) is 0.201. The number of ketones is 1. The molecule has 5 heteroatoms. The third kappa shape index (κ3) is 41.5. The molecule has 0 aliphatic rings. The van der Waals surface area contributed by atoms with Crippen LogP contribution in [0.3, 0.4) is 0 Å². The van der Waals surface area contributed by atoms with E-state index in [4.69, 9.17) is 0 Å². The van der Waals surface area contributed by atoms with Crippen LogP contribution in [0.1, 0.15) is 13.8 Å². The molecule has 0 N–H and O–H groups in total. The summed E-state index contributed by atoms with van der Waals surface area (Å²) < 4.78 is 8.31. The summed E-state index contributed by atoms with van der Waals surface area (Å²) in [5.74, 6) is -0.704. The third-order valence-corrected chi connectivity index (χ3v) is 0.905. The highest BCUT2D eigenvalue weighted by molar-refractivity contribution is 5.86. The van der Waals surface area contributed by atoms with E-state index in [9.17, 15) is 14.4 Å². The highest BCUT2D eigenvalue weighted by atomic mass is 16.5. The van der Waals surface area contributed by atoms with E-state index in [0.717, 1.165) is 12.3 Å². The molecule has 0 spiro atoms. The zero-order valence-corrected chi connectivity index (χ0v) is 10.4. The maximum absolute atomic E-state index is 9.84. The number of rotatable bonds is 3. The summed E-state index contributed by atoms with van der Waals surface area (Å²) in [5.41, 5.74) is 0. The van der Waals surface area contributed by atoms with Crippen LogP contribution in [0.4, 0.5) is 0 Å². The molecule has 0 atom stereocenters. The number of carbonyl (C=O) groups is 3. The van der Waals surface area contributed by atoms with Crippen LogP contribution in [-0.2, 0) is 23.9 Å². The van der Waals surface area contributed by atoms with E-state index in [1.165, 1.54) is 27.0 Å². The minimum Gasteiger partial charge on any atom is -0.466 e. The first-order chi connectivity index (χ1) is 7.85. The van der Waals surface area contributed by atoms with Crippen LogP contribution in [0.5, 0.6) is 0 Å². The average molecular weight is 242 g/mol. The lowest BCUT2D eigenvalue weighted by atomic mass is 10.5. The fraction of sp³-hybridized carbons (Fsp3) is 0.250. The Hall–Kier alpha value is -2.17. The number of ether oxygens (including phenoxy) is 2. The van der Waals surface area contributed by atoms with Gasteiger partial charge in [0.05, 0.1) is 13.4 Å². The van der Waals surface area contributed by atoms with Gasteiger partial charge in [-0.1, -0.05) is 19.7 Å². The van der Waals surface area contributed by atoms with Gasteiger partial charge in [0.15, 0.2) is 5.78 Å². The number of allylic oxidation sites excluding steroid dienone is 1. The monoisotopic (exact) mass is 242 g/mol. The lowest BCUT2D eigenvalue weighted by Gasteiger charge is -1.83. The van der Waals surface area contributed by atoms with Gasteiger partial charge in [-0.3, -0.25) is 9.59 Å². The average Bonchev–Trinajstić information content (AvgIpc) is 2.29. The maximum Gasteiger partial charge on any atom is 0.329 e. The smallest absolute Gasteiger partial charge is 0.329 e. The molecule has 0 saturated carbocycles. The lowest BCUT2D eigenvalue weighted by molar-refractivity contribution is -0.136. The highest BCUT2D eigenvalue weighted by Crippen LogP contribution is 1.70. The molecule has 0 aliphatic heterocycles. The Morgan fingerprint density at radius 2 is 1.41 bits per heavy atom. The van der Waals surface area contributed by atoms with Gasteiger partial charge < -0.3 is 9.47 Å². The lowest BCUT2D eigenvalue weighted by Crippen LogP contribution is -1.91. The van der Waals surface area contributed by atoms with Gasteiger partial charge in [0.25, 0.3) is 0 Å². The summed E-state index contributed by atoms with van der Waals surface area (Å²) >= 11 is 0. The number of methoxy groups -OCH3 is 1. The Kier molecular flexibility index (Phi) is 19.4. The van der Waals surface area contributed by atoms with Crippen molar-refractivity contribution in [1.82, 2.24) is 0 Å². The molecule has 0 unspecified atom stereocenters. The standard InChI is InChI=1S/2C4H6O2.C4H6O/c1-3-4(5)6-2;1-3-6-4(2)5;1-3-4(2)5/h2*3H,1H2,2H3;3H,1H2,2H3. The van der Waals surface area contributed by atoms with Gasteiger partial charge in [-0.2, -0.15) is 0 Å². The van der Waals surface area contributed by atoms with E-state index < -0.39 is 5.97 Å². The zero-order valence-electron chi connectivity index (χ0n) is 10.4. The molecule has 0 rings (SSSR count). The van der Waals surface area contributed by atoms with Crippen molar-refractivity contribution in [2.45, 2.75) is 13.8 Å². The minimum atomic E-state index is -0.394. The van der Waals surface area contributed by atoms with E-state index in [2.05, 4.69) is 29.2 Å². The van der Waals surface area contributed by atoms with E-state index >= 15 is 0 Å². The van der Waals surface area contributed by atoms with Crippen LogP contribution in [0, 0.1) is 0 Å². The molecule has 0 heterocycles. The van der Waals surface area contributed by atoms with Crippen LogP contribution in [0.15, 0.2) is 38.2 Å². The van der Waals surface area contributed by atoms with Crippen molar-refractivity contribution < 1.29 is 23.9 Å². The van der Waals surface area contributed by atoms with Gasteiger partial charge in [-0.25, -0.2) is 4.79 Å². The molecular formula is C12H18O5. The largest absolute Gasteiger partial charge is 0.466 e. The van der Waals surface area contributed by atoms with Crippen LogP contribution in [0.25, 0.3) is 0 Å². The number of esters is 2. The first-order valence-corrected chi connectivity index (χ1v) is 4.47. The summed E-state index contributed by atoms with van der Waals surface area (Å²) in [4.78, 5) is 29.3. The molecule has 0 aromatic carbocycles. The molecule has 96 valence electrons. The van der Waals surface area contributed by atoms with E-state index in [1.54, 1.807) is 0 Å². The fourth-order valence-electron chi connectivity index (χ4n) is 0.201. The first-order valence-electron chi connectivity index (χ1n) is 4.47. The summed E-state index contributed by atoms with van der Waals surface area (Å²) in [7, 11) is 1.31. The Balaban J connectivity index is -0.000000174. The summed E-state index contributed by atoms with van der Waals surface area (Å²) in [5, 5.41) is 0. The van der Waals surface area contributed by atoms with Crippen molar-refractivity contribution in [3.8, 4) is 0 Å². The second-order valence-electron chi connectivity index (χ2n) is 2.32. The van der Waals surface area contributed by atoms with Gasteiger partial charge >= 0.3 is 11.9 Å². The minimum absolute atomic E-state index is 0.0185. The van der Waals surface area contributed by atoms with Gasteiger partial charge in [-0.15, -0.1) is 0 Å². The van der Waals surface area contributed by atoms with Gasteiger partial charge in [0.2, 0.25) is 0 Å². The van der Waals surface area contributed by atoms with E-state index in [0.29, 0.717) is 0 Å². The SMILES string of the molecule is C=CC(=O)OC.C=CC(C)=O.C=COC(C)=O. The molecule has 17 heavy (non-hydrogen) atoms. The van der Waals surface area contributed by atoms with Crippen molar-refractivity contribution in [2.75, 3.05) is 7.11 Å². The summed E-state index contributed by atoms with van der Waals surface area (Å²) in [6, 6.07) is 0. The van der Waals surface area contributed by atoms with Crippen molar-refractivity contribution in [3.05, 3.63) is 38.2 Å². The predicted octanol–water partition coefficient (Wildman–Crippen LogP) is 1.80. The van der Waals surface area contributed by atoms with Crippen LogP contribution in [0.2, 0.25) is 0 Å². The number of hydrogen-bond acceptors (Lipinski definition) is 5. The Labute approximate surface area is 101 Å². The second-order valence-corrected chi connectivity index (χ2v) is 2.32. The third-order valence-electron chi connectivity index (χ3n) is 0.905. The van der Waals surface area contributed by atoms with Crippen LogP contribution in [-0.4, -0.2) is 24.8 Å². The van der Waals surface area contributed by atoms with Gasteiger partial charge in [0, 0.05) is 13.0 Å². The number of hydrogen-bond donors (Lipinski definition) is 0. The molecule has 0 saturated heterocycles. The molecule has 0 aromatic rings. The Bertz CT molecular complexity index is 279. The predicted molar refractivity (Wildman–Crippen MR) is 65.1 cm³/mol. The molecule has 0 amide bonds. The molecule has 0 fully saturated rings. The normalized spacial score (nSPS) is 6.76. The second kappa shape index (κ2) is 16.3. The van der Waals surface area contributed by atoms with E-state index in [1.807, 2.05) is 0 Å². The van der Waals surface area contributed by atoms with Crippen LogP contribution >= 0.6 is 0 Å². The van der Waals surface area contributed by atoms with Crippen LogP contribution < -0.4 is 0 Å². The van der Waals surface area contributed by atoms with Crippen molar-refractivity contribution in [1.29, 1.82) is 0 Å². The molecule has 0 bridgehead atoms. The molecule has 5 nitrogen and oxygen atoms in total. The van der Waals surface area contributed by atoms with Crippen molar-refractivity contribution in [2.24, 2.45) is 0 Å². The Morgan fingerprint density at radius 1 is 1.00 bits per heavy atom. The van der Waals surface area contributed by atoms with Gasteiger partial charge in [0.1, 0.15) is 0 Å². The maximum atomic E-state index is 9.84. The van der Waals surface area contributed by atoms with E-state index in [-0.39, 0.29) is 11.8 Å².